The first-order chi connectivity index (χ1) is 10.9. The first-order valence-electron chi connectivity index (χ1n) is 7.19. The number of hydrogen-bond acceptors (Lipinski definition) is 6. The number of hydrogen-bond donors (Lipinski definition) is 0. The number of benzene rings is 1. The lowest BCUT2D eigenvalue weighted by Crippen LogP contribution is -2.11. The molecule has 0 aliphatic rings. The summed E-state index contributed by atoms with van der Waals surface area (Å²) < 4.78 is 11.0. The Balaban J connectivity index is 2.31. The van der Waals surface area contributed by atoms with E-state index in [9.17, 15) is 5.26 Å². The summed E-state index contributed by atoms with van der Waals surface area (Å²) in [4.78, 5) is 4.24. The third kappa shape index (κ3) is 3.69. The monoisotopic (exact) mass is 312 g/mol. The third-order valence-corrected chi connectivity index (χ3v) is 3.16. The van der Waals surface area contributed by atoms with Crippen LogP contribution in [0.2, 0.25) is 0 Å². The van der Waals surface area contributed by atoms with Crippen LogP contribution >= 0.6 is 0 Å². The second-order valence-corrected chi connectivity index (χ2v) is 6.04. The summed E-state index contributed by atoms with van der Waals surface area (Å²) in [5.74, 6) is 1.55. The molecule has 0 saturated heterocycles. The van der Waals surface area contributed by atoms with Crippen molar-refractivity contribution in [1.82, 2.24) is 4.98 Å². The Morgan fingerprint density at radius 1 is 1.35 bits per heavy atom. The first-order valence-corrected chi connectivity index (χ1v) is 7.19. The highest BCUT2D eigenvalue weighted by atomic mass is 16.5. The fourth-order valence-corrected chi connectivity index (χ4v) is 1.90. The van der Waals surface area contributed by atoms with Gasteiger partial charge in [-0.3, -0.25) is 0 Å². The molecule has 0 fully saturated rings. The van der Waals surface area contributed by atoms with Crippen LogP contribution in [0.1, 0.15) is 37.9 Å². The van der Waals surface area contributed by atoms with E-state index in [1.165, 1.54) is 5.01 Å². The molecule has 23 heavy (non-hydrogen) atoms. The molecule has 2 aromatic rings. The highest BCUT2D eigenvalue weighted by Gasteiger charge is 2.25. The molecule has 0 aliphatic carbocycles. The third-order valence-electron chi connectivity index (χ3n) is 3.16. The minimum Gasteiger partial charge on any atom is -0.496 e. The van der Waals surface area contributed by atoms with E-state index in [1.54, 1.807) is 20.4 Å². The smallest absolute Gasteiger partial charge is 0.254 e. The average Bonchev–Trinajstić information content (AvgIpc) is 2.97. The standard InChI is InChI=1S/C17H20N4O2/c1-17(2,3)16-20-13(10-18)15(23-16)21(4)19-11-12-8-6-7-9-14(12)22-5/h6-9,11H,1-5H3. The lowest BCUT2D eigenvalue weighted by Gasteiger charge is -2.13. The number of nitriles is 1. The maximum Gasteiger partial charge on any atom is 0.254 e. The molecule has 6 nitrogen and oxygen atoms in total. The molecule has 120 valence electrons. The van der Waals surface area contributed by atoms with Gasteiger partial charge in [0.05, 0.1) is 13.3 Å². The number of anilines is 1. The lowest BCUT2D eigenvalue weighted by atomic mass is 9.97. The molecule has 0 radical (unpaired) electrons. The van der Waals surface area contributed by atoms with E-state index in [-0.39, 0.29) is 11.1 Å². The summed E-state index contributed by atoms with van der Waals surface area (Å²) in [5, 5.41) is 15.1. The maximum absolute atomic E-state index is 9.24. The van der Waals surface area contributed by atoms with Crippen molar-refractivity contribution in [2.45, 2.75) is 26.2 Å². The van der Waals surface area contributed by atoms with Gasteiger partial charge in [-0.25, -0.2) is 5.01 Å². The van der Waals surface area contributed by atoms with Crippen molar-refractivity contribution in [3.63, 3.8) is 0 Å². The fourth-order valence-electron chi connectivity index (χ4n) is 1.90. The van der Waals surface area contributed by atoms with Gasteiger partial charge in [0.2, 0.25) is 11.6 Å². The summed E-state index contributed by atoms with van der Waals surface area (Å²) in [5.41, 5.74) is 0.766. The van der Waals surface area contributed by atoms with E-state index in [4.69, 9.17) is 9.15 Å². The largest absolute Gasteiger partial charge is 0.496 e. The van der Waals surface area contributed by atoms with E-state index in [2.05, 4.69) is 10.1 Å². The summed E-state index contributed by atoms with van der Waals surface area (Å²) in [6.07, 6.45) is 1.65. The molecule has 1 heterocycles. The van der Waals surface area contributed by atoms with Crippen molar-refractivity contribution in [2.75, 3.05) is 19.2 Å². The fraction of sp³-hybridized carbons (Fsp3) is 0.353. The van der Waals surface area contributed by atoms with Gasteiger partial charge in [-0.1, -0.05) is 32.9 Å². The Kier molecular flexibility index (Phi) is 4.70. The molecule has 0 aliphatic heterocycles. The van der Waals surface area contributed by atoms with Gasteiger partial charge in [0, 0.05) is 18.0 Å². The van der Waals surface area contributed by atoms with Crippen LogP contribution in [-0.2, 0) is 5.41 Å². The van der Waals surface area contributed by atoms with Gasteiger partial charge < -0.3 is 9.15 Å². The summed E-state index contributed by atoms with van der Waals surface area (Å²) in [7, 11) is 3.32. The van der Waals surface area contributed by atoms with Crippen LogP contribution < -0.4 is 9.75 Å². The van der Waals surface area contributed by atoms with Crippen molar-refractivity contribution >= 4 is 12.1 Å². The molecular weight excluding hydrogens is 292 g/mol. The van der Waals surface area contributed by atoms with Crippen LogP contribution in [0.3, 0.4) is 0 Å². The van der Waals surface area contributed by atoms with Gasteiger partial charge >= 0.3 is 0 Å². The van der Waals surface area contributed by atoms with Crippen molar-refractivity contribution in [2.24, 2.45) is 5.10 Å². The van der Waals surface area contributed by atoms with Crippen LogP contribution in [0, 0.1) is 11.3 Å². The lowest BCUT2D eigenvalue weighted by molar-refractivity contribution is 0.394. The first kappa shape index (κ1) is 16.6. The molecule has 0 amide bonds. The van der Waals surface area contributed by atoms with Gasteiger partial charge in [-0.15, -0.1) is 0 Å². The zero-order chi connectivity index (χ0) is 17.0. The van der Waals surface area contributed by atoms with Crippen molar-refractivity contribution in [3.8, 4) is 11.8 Å². The van der Waals surface area contributed by atoms with E-state index in [1.807, 2.05) is 51.1 Å². The summed E-state index contributed by atoms with van der Waals surface area (Å²) in [6.45, 7) is 5.92. The van der Waals surface area contributed by atoms with E-state index >= 15 is 0 Å². The molecule has 0 saturated carbocycles. The van der Waals surface area contributed by atoms with Crippen molar-refractivity contribution in [1.29, 1.82) is 5.26 Å². The quantitative estimate of drug-likeness (QED) is 0.639. The molecule has 0 unspecified atom stereocenters. The topological polar surface area (TPSA) is 74.7 Å². The molecule has 2 rings (SSSR count). The van der Waals surface area contributed by atoms with E-state index in [0.29, 0.717) is 11.8 Å². The van der Waals surface area contributed by atoms with Crippen LogP contribution in [0.5, 0.6) is 5.75 Å². The number of aromatic nitrogens is 1. The predicted octanol–water partition coefficient (Wildman–Crippen LogP) is 3.32. The second-order valence-electron chi connectivity index (χ2n) is 6.04. The van der Waals surface area contributed by atoms with Gasteiger partial charge in [0.25, 0.3) is 5.88 Å². The predicted molar refractivity (Wildman–Crippen MR) is 88.9 cm³/mol. The Labute approximate surface area is 136 Å². The number of para-hydroxylation sites is 1. The summed E-state index contributed by atoms with van der Waals surface area (Å²) >= 11 is 0. The molecule has 0 atom stereocenters. The van der Waals surface area contributed by atoms with Crippen molar-refractivity contribution in [3.05, 3.63) is 41.4 Å². The number of ether oxygens (including phenoxy) is 1. The molecule has 0 spiro atoms. The van der Waals surface area contributed by atoms with Crippen LogP contribution in [0.15, 0.2) is 33.8 Å². The maximum atomic E-state index is 9.24. The number of nitrogens with zero attached hydrogens (tertiary/aromatic N) is 4. The minimum atomic E-state index is -0.281. The normalized spacial score (nSPS) is 11.5. The van der Waals surface area contributed by atoms with Crippen LogP contribution in [0.4, 0.5) is 5.88 Å². The molecule has 1 aromatic heterocycles. The molecule has 6 heteroatoms. The number of hydrazone groups is 1. The van der Waals surface area contributed by atoms with Crippen LogP contribution in [0.25, 0.3) is 0 Å². The average molecular weight is 312 g/mol. The second kappa shape index (κ2) is 6.53. The molecule has 0 N–H and O–H groups in total. The van der Waals surface area contributed by atoms with Crippen molar-refractivity contribution < 1.29 is 9.15 Å². The molecule has 1 aromatic carbocycles. The Hall–Kier alpha value is -2.81. The number of methoxy groups -OCH3 is 1. The molecular formula is C17H20N4O2. The highest BCUT2D eigenvalue weighted by molar-refractivity contribution is 5.84. The zero-order valence-electron chi connectivity index (χ0n) is 14.0. The minimum absolute atomic E-state index is 0.217. The highest BCUT2D eigenvalue weighted by Crippen LogP contribution is 2.28. The van der Waals surface area contributed by atoms with Gasteiger partial charge in [-0.05, 0) is 12.1 Å². The van der Waals surface area contributed by atoms with E-state index < -0.39 is 0 Å². The number of rotatable bonds is 4. The van der Waals surface area contributed by atoms with Gasteiger partial charge in [-0.2, -0.15) is 15.3 Å². The summed E-state index contributed by atoms with van der Waals surface area (Å²) in [6, 6.07) is 9.58. The number of oxazole rings is 1. The van der Waals surface area contributed by atoms with Gasteiger partial charge in [0.1, 0.15) is 11.8 Å². The Morgan fingerprint density at radius 3 is 2.65 bits per heavy atom. The van der Waals surface area contributed by atoms with Crippen LogP contribution in [-0.4, -0.2) is 25.4 Å². The van der Waals surface area contributed by atoms with E-state index in [0.717, 1.165) is 11.3 Å². The molecule has 0 bridgehead atoms. The Morgan fingerprint density at radius 2 is 2.04 bits per heavy atom. The van der Waals surface area contributed by atoms with Gasteiger partial charge in [0.15, 0.2) is 0 Å². The Bertz CT molecular complexity index is 751. The zero-order valence-corrected chi connectivity index (χ0v) is 14.0. The SMILES string of the molecule is COc1ccccc1C=NN(C)c1oc(C(C)(C)C)nc1C#N.